The van der Waals surface area contributed by atoms with Gasteiger partial charge in [-0.25, -0.2) is 4.79 Å². The second kappa shape index (κ2) is 9.27. The molecule has 0 spiro atoms. The van der Waals surface area contributed by atoms with E-state index >= 15 is 0 Å². The summed E-state index contributed by atoms with van der Waals surface area (Å²) >= 11 is 1.27. The second-order valence-corrected chi connectivity index (χ2v) is 7.94. The van der Waals surface area contributed by atoms with Gasteiger partial charge >= 0.3 is 5.97 Å². The van der Waals surface area contributed by atoms with Gasteiger partial charge in [0.25, 0.3) is 0 Å². The van der Waals surface area contributed by atoms with Gasteiger partial charge in [0, 0.05) is 6.07 Å². The lowest BCUT2D eigenvalue weighted by Crippen LogP contribution is -2.17. The number of anilines is 1. The quantitative estimate of drug-likeness (QED) is 0.334. The Labute approximate surface area is 188 Å². The summed E-state index contributed by atoms with van der Waals surface area (Å²) in [7, 11) is 1.62. The standard InChI is InChI=1S/C23H22N4O4S/c1-4-31-22(29)17-7-5-6-8-18(17)24-20(28)13-32-23-26-25-21-14(2)11-15-9-10-16(30-3)12-19(15)27(21)23/h5-12H,4,13H2,1-3H3,(H,24,28). The third kappa shape index (κ3) is 4.24. The van der Waals surface area contributed by atoms with Gasteiger partial charge < -0.3 is 14.8 Å². The van der Waals surface area contributed by atoms with Crippen molar-refractivity contribution in [2.45, 2.75) is 19.0 Å². The van der Waals surface area contributed by atoms with Gasteiger partial charge in [-0.3, -0.25) is 9.20 Å². The molecule has 0 saturated carbocycles. The van der Waals surface area contributed by atoms with Crippen molar-refractivity contribution >= 4 is 45.9 Å². The number of nitrogens with one attached hydrogen (secondary N) is 1. The summed E-state index contributed by atoms with van der Waals surface area (Å²) in [4.78, 5) is 24.8. The average Bonchev–Trinajstić information content (AvgIpc) is 3.23. The van der Waals surface area contributed by atoms with Crippen molar-refractivity contribution in [3.05, 3.63) is 59.7 Å². The van der Waals surface area contributed by atoms with Crippen molar-refractivity contribution in [3.63, 3.8) is 0 Å². The molecule has 0 saturated heterocycles. The van der Waals surface area contributed by atoms with Crippen LogP contribution < -0.4 is 10.1 Å². The second-order valence-electron chi connectivity index (χ2n) is 7.00. The summed E-state index contributed by atoms with van der Waals surface area (Å²) in [6, 6.07) is 14.6. The average molecular weight is 451 g/mol. The van der Waals surface area contributed by atoms with Crippen LogP contribution in [-0.4, -0.2) is 45.9 Å². The van der Waals surface area contributed by atoms with Crippen LogP contribution in [0.1, 0.15) is 22.8 Å². The number of amides is 1. The third-order valence-electron chi connectivity index (χ3n) is 4.87. The predicted octanol–water partition coefficient (Wildman–Crippen LogP) is 4.11. The molecule has 2 aromatic carbocycles. The molecule has 0 aliphatic carbocycles. The van der Waals surface area contributed by atoms with E-state index in [4.69, 9.17) is 9.47 Å². The van der Waals surface area contributed by atoms with Gasteiger partial charge in [0.15, 0.2) is 10.8 Å². The van der Waals surface area contributed by atoms with Crippen LogP contribution in [0.15, 0.2) is 53.7 Å². The number of para-hydroxylation sites is 1. The van der Waals surface area contributed by atoms with Gasteiger partial charge in [-0.05, 0) is 55.1 Å². The SMILES string of the molecule is CCOC(=O)c1ccccc1NC(=O)CSc1nnc2c(C)cc3ccc(OC)cc3n12. The molecule has 4 rings (SSSR count). The van der Waals surface area contributed by atoms with Crippen LogP contribution in [0.3, 0.4) is 0 Å². The first-order valence-electron chi connectivity index (χ1n) is 10.0. The number of hydrogen-bond acceptors (Lipinski definition) is 7. The number of aryl methyl sites for hydroxylation is 1. The molecule has 0 aliphatic rings. The predicted molar refractivity (Wildman–Crippen MR) is 124 cm³/mol. The first-order chi connectivity index (χ1) is 15.5. The number of nitrogens with zero attached hydrogens (tertiary/aromatic N) is 3. The van der Waals surface area contributed by atoms with Crippen molar-refractivity contribution in [3.8, 4) is 5.75 Å². The molecule has 0 bridgehead atoms. The zero-order valence-electron chi connectivity index (χ0n) is 17.9. The molecule has 1 amide bonds. The number of aromatic nitrogens is 3. The topological polar surface area (TPSA) is 94.8 Å². The van der Waals surface area contributed by atoms with Crippen LogP contribution in [0, 0.1) is 6.92 Å². The van der Waals surface area contributed by atoms with E-state index in [1.165, 1.54) is 11.8 Å². The van der Waals surface area contributed by atoms with Crippen LogP contribution in [0.25, 0.3) is 16.6 Å². The van der Waals surface area contributed by atoms with Crippen molar-refractivity contribution in [1.29, 1.82) is 0 Å². The molecule has 4 aromatic rings. The number of methoxy groups -OCH3 is 1. The van der Waals surface area contributed by atoms with Gasteiger partial charge in [-0.1, -0.05) is 23.9 Å². The van der Waals surface area contributed by atoms with Crippen LogP contribution >= 0.6 is 11.8 Å². The van der Waals surface area contributed by atoms with Crippen LogP contribution in [-0.2, 0) is 9.53 Å². The molecule has 164 valence electrons. The van der Waals surface area contributed by atoms with E-state index in [1.807, 2.05) is 35.6 Å². The number of fused-ring (bicyclic) bond motifs is 3. The molecular formula is C23H22N4O4S. The Morgan fingerprint density at radius 1 is 1.12 bits per heavy atom. The number of esters is 1. The summed E-state index contributed by atoms with van der Waals surface area (Å²) < 4.78 is 12.4. The minimum Gasteiger partial charge on any atom is -0.497 e. The zero-order valence-corrected chi connectivity index (χ0v) is 18.7. The molecule has 1 N–H and O–H groups in total. The van der Waals surface area contributed by atoms with Crippen molar-refractivity contribution in [2.75, 3.05) is 24.8 Å². The minimum atomic E-state index is -0.476. The van der Waals surface area contributed by atoms with E-state index in [9.17, 15) is 9.59 Å². The van der Waals surface area contributed by atoms with E-state index in [-0.39, 0.29) is 18.3 Å². The fraction of sp³-hybridized carbons (Fsp3) is 0.217. The number of carbonyl (C=O) groups is 2. The molecule has 2 heterocycles. The highest BCUT2D eigenvalue weighted by Crippen LogP contribution is 2.28. The molecule has 9 heteroatoms. The number of thioether (sulfide) groups is 1. The summed E-state index contributed by atoms with van der Waals surface area (Å²) in [6.07, 6.45) is 0. The molecule has 0 fully saturated rings. The van der Waals surface area contributed by atoms with Gasteiger partial charge in [-0.2, -0.15) is 0 Å². The molecule has 0 radical (unpaired) electrons. The molecule has 0 unspecified atom stereocenters. The summed E-state index contributed by atoms with van der Waals surface area (Å²) in [6.45, 7) is 3.97. The van der Waals surface area contributed by atoms with Crippen LogP contribution in [0.5, 0.6) is 5.75 Å². The van der Waals surface area contributed by atoms with E-state index in [2.05, 4.69) is 15.5 Å². The van der Waals surface area contributed by atoms with Crippen LogP contribution in [0.2, 0.25) is 0 Å². The molecular weight excluding hydrogens is 428 g/mol. The maximum Gasteiger partial charge on any atom is 0.340 e. The maximum atomic E-state index is 12.6. The fourth-order valence-electron chi connectivity index (χ4n) is 3.40. The Hall–Kier alpha value is -3.59. The van der Waals surface area contributed by atoms with Crippen LogP contribution in [0.4, 0.5) is 5.69 Å². The smallest absolute Gasteiger partial charge is 0.340 e. The molecule has 32 heavy (non-hydrogen) atoms. The Bertz CT molecular complexity index is 1320. The van der Waals surface area contributed by atoms with Gasteiger partial charge in [0.1, 0.15) is 5.75 Å². The van der Waals surface area contributed by atoms with E-state index in [0.29, 0.717) is 16.4 Å². The monoisotopic (exact) mass is 450 g/mol. The van der Waals surface area contributed by atoms with E-state index < -0.39 is 5.97 Å². The highest BCUT2D eigenvalue weighted by Gasteiger charge is 2.17. The lowest BCUT2D eigenvalue weighted by atomic mass is 10.1. The molecule has 8 nitrogen and oxygen atoms in total. The summed E-state index contributed by atoms with van der Waals surface area (Å²) in [5.41, 5.74) is 3.32. The zero-order chi connectivity index (χ0) is 22.7. The lowest BCUT2D eigenvalue weighted by molar-refractivity contribution is -0.113. The normalized spacial score (nSPS) is 11.0. The van der Waals surface area contributed by atoms with Crippen molar-refractivity contribution in [2.24, 2.45) is 0 Å². The molecule has 0 atom stereocenters. The first-order valence-corrected chi connectivity index (χ1v) is 11.0. The Kier molecular flexibility index (Phi) is 6.27. The number of rotatable bonds is 7. The number of hydrogen-bond donors (Lipinski definition) is 1. The first kappa shape index (κ1) is 21.6. The minimum absolute atomic E-state index is 0.0946. The summed E-state index contributed by atoms with van der Waals surface area (Å²) in [5.74, 6) is 0.0752. The third-order valence-corrected chi connectivity index (χ3v) is 5.79. The molecule has 0 aliphatic heterocycles. The fourth-order valence-corrected chi connectivity index (χ4v) is 4.14. The van der Waals surface area contributed by atoms with Gasteiger partial charge in [0.05, 0.1) is 36.2 Å². The number of benzene rings is 2. The Morgan fingerprint density at radius 3 is 2.72 bits per heavy atom. The number of carbonyl (C=O) groups excluding carboxylic acids is 2. The Balaban J connectivity index is 1.58. The van der Waals surface area contributed by atoms with Gasteiger partial charge in [-0.15, -0.1) is 10.2 Å². The lowest BCUT2D eigenvalue weighted by Gasteiger charge is -2.10. The molecule has 2 aromatic heterocycles. The number of ether oxygens (including phenoxy) is 2. The van der Waals surface area contributed by atoms with E-state index in [1.54, 1.807) is 38.3 Å². The largest absolute Gasteiger partial charge is 0.497 e. The number of pyridine rings is 1. The maximum absolute atomic E-state index is 12.6. The highest BCUT2D eigenvalue weighted by molar-refractivity contribution is 7.99. The highest BCUT2D eigenvalue weighted by atomic mass is 32.2. The van der Waals surface area contributed by atoms with E-state index in [0.717, 1.165) is 27.9 Å². The van der Waals surface area contributed by atoms with Crippen molar-refractivity contribution in [1.82, 2.24) is 14.6 Å². The van der Waals surface area contributed by atoms with Crippen molar-refractivity contribution < 1.29 is 19.1 Å². The Morgan fingerprint density at radius 2 is 1.94 bits per heavy atom. The van der Waals surface area contributed by atoms with Gasteiger partial charge in [0.2, 0.25) is 5.91 Å². The summed E-state index contributed by atoms with van der Waals surface area (Å²) in [5, 5.41) is 13.0.